The van der Waals surface area contributed by atoms with E-state index >= 15 is 0 Å². The Morgan fingerprint density at radius 2 is 1.48 bits per heavy atom. The van der Waals surface area contributed by atoms with E-state index in [-0.39, 0.29) is 17.1 Å². The summed E-state index contributed by atoms with van der Waals surface area (Å²) in [6, 6.07) is 1.71. The number of aromatic nitrogens is 3. The van der Waals surface area contributed by atoms with Gasteiger partial charge in [0.2, 0.25) is 20.7 Å². The van der Waals surface area contributed by atoms with E-state index in [1.165, 1.54) is 14.2 Å². The second-order valence-electron chi connectivity index (χ2n) is 6.81. The summed E-state index contributed by atoms with van der Waals surface area (Å²) in [6.07, 6.45) is 1.12. The van der Waals surface area contributed by atoms with E-state index in [4.69, 9.17) is 14.2 Å². The van der Waals surface area contributed by atoms with Crippen LogP contribution < -0.4 is 14.2 Å². The lowest BCUT2D eigenvalue weighted by Crippen LogP contribution is -2.13. The Balaban J connectivity index is 2.95. The van der Waals surface area contributed by atoms with Gasteiger partial charge in [-0.1, -0.05) is 13.8 Å². The number of hydrogen-bond donors (Lipinski definition) is 0. The van der Waals surface area contributed by atoms with Crippen LogP contribution in [0.15, 0.2) is 11.2 Å². The highest BCUT2D eigenvalue weighted by Crippen LogP contribution is 2.48. The lowest BCUT2D eigenvalue weighted by molar-refractivity contribution is 0.322. The van der Waals surface area contributed by atoms with E-state index in [1.807, 2.05) is 33.8 Å². The summed E-state index contributed by atoms with van der Waals surface area (Å²) in [5.41, 5.74) is 1.49. The first-order valence-corrected chi connectivity index (χ1v) is 10.5. The molecule has 1 heterocycles. The highest BCUT2D eigenvalue weighted by Gasteiger charge is 2.29. The first kappa shape index (κ1) is 21.0. The highest BCUT2D eigenvalue weighted by molar-refractivity contribution is 7.90. The van der Waals surface area contributed by atoms with Crippen LogP contribution in [0.2, 0.25) is 0 Å². The molecule has 0 bridgehead atoms. The Morgan fingerprint density at radius 3 is 1.89 bits per heavy atom. The van der Waals surface area contributed by atoms with Crippen molar-refractivity contribution in [1.29, 1.82) is 0 Å². The Kier molecular flexibility index (Phi) is 6.04. The van der Waals surface area contributed by atoms with Gasteiger partial charge in [-0.05, 0) is 25.8 Å². The Bertz CT molecular complexity index is 933. The van der Waals surface area contributed by atoms with Gasteiger partial charge in [-0.25, -0.2) is 8.42 Å². The van der Waals surface area contributed by atoms with Crippen LogP contribution in [0.25, 0.3) is 11.4 Å². The minimum Gasteiger partial charge on any atom is -0.492 e. The highest BCUT2D eigenvalue weighted by atomic mass is 32.2. The molecule has 1 aromatic heterocycles. The van der Waals surface area contributed by atoms with Gasteiger partial charge < -0.3 is 14.2 Å². The van der Waals surface area contributed by atoms with E-state index in [0.29, 0.717) is 28.6 Å². The molecule has 0 spiro atoms. The number of methoxy groups -OCH3 is 3. The molecule has 0 radical (unpaired) electrons. The minimum atomic E-state index is -3.55. The Labute approximate surface area is 160 Å². The van der Waals surface area contributed by atoms with Gasteiger partial charge in [0.1, 0.15) is 0 Å². The fourth-order valence-electron chi connectivity index (χ4n) is 3.02. The molecule has 1 aromatic carbocycles. The van der Waals surface area contributed by atoms with Crippen molar-refractivity contribution in [1.82, 2.24) is 14.8 Å². The third-order valence-corrected chi connectivity index (χ3v) is 5.15. The molecule has 0 aliphatic carbocycles. The van der Waals surface area contributed by atoms with Crippen LogP contribution in [0.4, 0.5) is 0 Å². The van der Waals surface area contributed by atoms with Crippen LogP contribution in [-0.2, 0) is 9.84 Å². The van der Waals surface area contributed by atoms with Crippen LogP contribution in [0.5, 0.6) is 17.2 Å². The zero-order valence-electron chi connectivity index (χ0n) is 17.0. The number of sulfone groups is 1. The summed E-state index contributed by atoms with van der Waals surface area (Å²) >= 11 is 0. The van der Waals surface area contributed by atoms with Gasteiger partial charge in [-0.15, -0.1) is 10.2 Å². The molecule has 0 aliphatic rings. The predicted octanol–water partition coefficient (Wildman–Crippen LogP) is 3.08. The van der Waals surface area contributed by atoms with Gasteiger partial charge >= 0.3 is 0 Å². The SMILES string of the molecule is COc1c(-c2nnc(S(C)(=O)=O)n2C(C)C)cc(C(C)C)c(OC)c1OC. The molecular formula is C18H27N3O5S. The van der Waals surface area contributed by atoms with E-state index < -0.39 is 9.84 Å². The summed E-state index contributed by atoms with van der Waals surface area (Å²) in [5, 5.41) is 8.01. The molecule has 2 rings (SSSR count). The largest absolute Gasteiger partial charge is 0.492 e. The van der Waals surface area contributed by atoms with Crippen molar-refractivity contribution in [3.8, 4) is 28.6 Å². The standard InChI is InChI=1S/C18H27N3O5S/c1-10(2)12-9-13(15(25-6)16(26-7)14(12)24-5)17-19-20-18(27(8,22)23)21(17)11(3)4/h9-11H,1-8H3. The van der Waals surface area contributed by atoms with Gasteiger partial charge in [-0.2, -0.15) is 0 Å². The summed E-state index contributed by atoms with van der Waals surface area (Å²) in [4.78, 5) is 0. The molecule has 150 valence electrons. The number of rotatable bonds is 7. The zero-order chi connectivity index (χ0) is 20.5. The van der Waals surface area contributed by atoms with E-state index in [0.717, 1.165) is 11.8 Å². The maximum absolute atomic E-state index is 12.2. The van der Waals surface area contributed by atoms with Gasteiger partial charge in [-0.3, -0.25) is 4.57 Å². The fourth-order valence-corrected chi connectivity index (χ4v) is 3.86. The first-order chi connectivity index (χ1) is 12.6. The smallest absolute Gasteiger partial charge is 0.249 e. The fraction of sp³-hybridized carbons (Fsp3) is 0.556. The van der Waals surface area contributed by atoms with E-state index in [2.05, 4.69) is 10.2 Å². The van der Waals surface area contributed by atoms with Crippen molar-refractivity contribution in [2.45, 2.75) is 44.8 Å². The van der Waals surface area contributed by atoms with Crippen LogP contribution in [0.1, 0.15) is 45.2 Å². The molecule has 0 N–H and O–H groups in total. The van der Waals surface area contributed by atoms with Crippen LogP contribution >= 0.6 is 0 Å². The molecule has 0 aliphatic heterocycles. The van der Waals surface area contributed by atoms with Crippen molar-refractivity contribution in [2.24, 2.45) is 0 Å². The lowest BCUT2D eigenvalue weighted by atomic mass is 9.97. The van der Waals surface area contributed by atoms with Crippen LogP contribution in [0, 0.1) is 0 Å². The molecule has 0 saturated carbocycles. The van der Waals surface area contributed by atoms with E-state index in [1.54, 1.807) is 11.7 Å². The first-order valence-electron chi connectivity index (χ1n) is 8.56. The maximum atomic E-state index is 12.2. The lowest BCUT2D eigenvalue weighted by Gasteiger charge is -2.21. The Morgan fingerprint density at radius 1 is 0.926 bits per heavy atom. The number of hydrogen-bond acceptors (Lipinski definition) is 7. The van der Waals surface area contributed by atoms with Crippen LogP contribution in [-0.4, -0.2) is 50.8 Å². The molecular weight excluding hydrogens is 370 g/mol. The van der Waals surface area contributed by atoms with Crippen molar-refractivity contribution in [3.05, 3.63) is 11.6 Å². The average Bonchev–Trinajstić information content (AvgIpc) is 3.04. The molecule has 0 unspecified atom stereocenters. The minimum absolute atomic E-state index is 0.0876. The quantitative estimate of drug-likeness (QED) is 0.709. The molecule has 0 amide bonds. The second kappa shape index (κ2) is 7.75. The molecule has 8 nitrogen and oxygen atoms in total. The second-order valence-corrected chi connectivity index (χ2v) is 8.72. The van der Waals surface area contributed by atoms with E-state index in [9.17, 15) is 8.42 Å². The summed E-state index contributed by atoms with van der Waals surface area (Å²) in [5.74, 6) is 1.94. The predicted molar refractivity (Wildman–Crippen MR) is 103 cm³/mol. The van der Waals surface area contributed by atoms with Crippen molar-refractivity contribution in [3.63, 3.8) is 0 Å². The molecule has 0 atom stereocenters. The monoisotopic (exact) mass is 397 g/mol. The summed E-state index contributed by atoms with van der Waals surface area (Å²) < 4.78 is 42.6. The van der Waals surface area contributed by atoms with Gasteiger partial charge in [0, 0.05) is 17.9 Å². The van der Waals surface area contributed by atoms with Crippen LogP contribution in [0.3, 0.4) is 0 Å². The van der Waals surface area contributed by atoms with Crippen molar-refractivity contribution in [2.75, 3.05) is 27.6 Å². The van der Waals surface area contributed by atoms with Crippen molar-refractivity contribution < 1.29 is 22.6 Å². The average molecular weight is 397 g/mol. The maximum Gasteiger partial charge on any atom is 0.249 e. The summed E-state index contributed by atoms with van der Waals surface area (Å²) in [6.45, 7) is 7.81. The zero-order valence-corrected chi connectivity index (χ0v) is 17.8. The van der Waals surface area contributed by atoms with Gasteiger partial charge in [0.15, 0.2) is 17.3 Å². The molecule has 27 heavy (non-hydrogen) atoms. The third kappa shape index (κ3) is 3.73. The molecule has 9 heteroatoms. The molecule has 2 aromatic rings. The normalized spacial score (nSPS) is 11.9. The van der Waals surface area contributed by atoms with Crippen molar-refractivity contribution >= 4 is 9.84 Å². The van der Waals surface area contributed by atoms with Gasteiger partial charge in [0.25, 0.3) is 0 Å². The number of ether oxygens (including phenoxy) is 3. The number of nitrogens with zero attached hydrogens (tertiary/aromatic N) is 3. The topological polar surface area (TPSA) is 92.5 Å². The van der Waals surface area contributed by atoms with Gasteiger partial charge in [0.05, 0.1) is 26.9 Å². The molecule has 0 saturated heterocycles. The molecule has 0 fully saturated rings. The number of benzene rings is 1. The summed E-state index contributed by atoms with van der Waals surface area (Å²) in [7, 11) is 1.07. The Hall–Kier alpha value is -2.29. The third-order valence-electron chi connectivity index (χ3n) is 4.21.